The van der Waals surface area contributed by atoms with Crippen LogP contribution in [0.25, 0.3) is 0 Å². The molecule has 2 unspecified atom stereocenters. The highest BCUT2D eigenvalue weighted by Gasteiger charge is 2.41. The average molecular weight is 777 g/mol. The van der Waals surface area contributed by atoms with E-state index < -0.39 is 17.2 Å². The largest absolute Gasteiger partial charge is 0.508 e. The van der Waals surface area contributed by atoms with Crippen LogP contribution in [0.15, 0.2) is 109 Å². The van der Waals surface area contributed by atoms with Crippen molar-refractivity contribution < 1.29 is 38.4 Å². The van der Waals surface area contributed by atoms with Gasteiger partial charge in [0.05, 0.1) is 18.7 Å². The van der Waals surface area contributed by atoms with E-state index in [2.05, 4.69) is 0 Å². The summed E-state index contributed by atoms with van der Waals surface area (Å²) in [6, 6.07) is 33.7. The number of hydrogen-bond acceptors (Lipinski definition) is 8. The summed E-state index contributed by atoms with van der Waals surface area (Å²) in [7, 11) is 0. The van der Waals surface area contributed by atoms with Crippen molar-refractivity contribution in [1.29, 1.82) is 0 Å². The predicted molar refractivity (Wildman–Crippen MR) is 217 cm³/mol. The van der Waals surface area contributed by atoms with Gasteiger partial charge in [-0.2, -0.15) is 27.0 Å². The van der Waals surface area contributed by atoms with Crippen molar-refractivity contribution in [1.82, 2.24) is 9.80 Å². The Morgan fingerprint density at radius 3 is 1.63 bits per heavy atom. The fourth-order valence-electron chi connectivity index (χ4n) is 6.50. The van der Waals surface area contributed by atoms with Crippen molar-refractivity contribution in [2.24, 2.45) is 0 Å². The van der Waals surface area contributed by atoms with E-state index in [1.165, 1.54) is 0 Å². The highest BCUT2D eigenvalue weighted by molar-refractivity contribution is 7.59. The molecule has 1 N–H and O–H groups in total. The minimum atomic E-state index is -0.626. The second-order valence-corrected chi connectivity index (χ2v) is 13.4. The van der Waals surface area contributed by atoms with Gasteiger partial charge in [-0.05, 0) is 81.1 Å². The highest BCUT2D eigenvalue weighted by atomic mass is 32.1. The highest BCUT2D eigenvalue weighted by Crippen LogP contribution is 2.38. The normalized spacial score (nSPS) is 20.3. The lowest BCUT2D eigenvalue weighted by Crippen LogP contribution is -2.47. The van der Waals surface area contributed by atoms with Crippen LogP contribution in [0.1, 0.15) is 81.8 Å². The lowest BCUT2D eigenvalue weighted by atomic mass is 9.90. The second kappa shape index (κ2) is 19.5. The topological polar surface area (TPSA) is 115 Å². The molecule has 0 bridgehead atoms. The maximum Gasteiger partial charge on any atom is 0.411 e. The Labute approximate surface area is 332 Å². The van der Waals surface area contributed by atoms with E-state index in [0.717, 1.165) is 28.7 Å². The van der Waals surface area contributed by atoms with Crippen LogP contribution in [0.5, 0.6) is 11.5 Å². The van der Waals surface area contributed by atoms with Gasteiger partial charge in [-0.3, -0.25) is 0 Å². The van der Waals surface area contributed by atoms with Crippen LogP contribution < -0.4 is 4.74 Å². The standard InChI is InChI=1S/C23H27NO5.C19H21NO3.2H2S/c1-4-27-21(25)16-28-20-12-8-9-18(15-20)17(2)24-14-13-23(3,29-22(24)26)19-10-6-5-7-11-19;1-14(15-7-6-10-17(21)13-15)20-12-11-19(2,23-18(20)22)16-8-4-3-5-9-16;;/h5-12,15,17H,4,13-14,16H2,1-3H3;3-10,13-14,21H,11-12H2,1-2H3;2*1H2/t17-,23?;14-,19?;;/m00../s1. The van der Waals surface area contributed by atoms with Gasteiger partial charge in [0.1, 0.15) is 22.7 Å². The Kier molecular flexibility index (Phi) is 15.7. The van der Waals surface area contributed by atoms with E-state index in [4.69, 9.17) is 18.9 Å². The lowest BCUT2D eigenvalue weighted by Gasteiger charge is -2.41. The number of ether oxygens (including phenoxy) is 4. The summed E-state index contributed by atoms with van der Waals surface area (Å²) in [5.74, 6) is 0.349. The van der Waals surface area contributed by atoms with Gasteiger partial charge in [0.2, 0.25) is 0 Å². The van der Waals surface area contributed by atoms with Crippen molar-refractivity contribution in [3.8, 4) is 11.5 Å². The van der Waals surface area contributed by atoms with Gasteiger partial charge in [-0.1, -0.05) is 84.9 Å². The number of cyclic esters (lactones) is 2. The third-order valence-electron chi connectivity index (χ3n) is 9.81. The first kappa shape index (κ1) is 43.6. The summed E-state index contributed by atoms with van der Waals surface area (Å²) in [4.78, 5) is 40.2. The third-order valence-corrected chi connectivity index (χ3v) is 9.81. The molecule has 2 heterocycles. The minimum absolute atomic E-state index is 0. The molecule has 2 saturated heterocycles. The fraction of sp³-hybridized carbons (Fsp3) is 0.357. The molecule has 0 aromatic heterocycles. The van der Waals surface area contributed by atoms with E-state index in [1.807, 2.05) is 113 Å². The van der Waals surface area contributed by atoms with Crippen LogP contribution in [0, 0.1) is 0 Å². The monoisotopic (exact) mass is 776 g/mol. The molecule has 4 aromatic rings. The molecule has 0 aliphatic carbocycles. The summed E-state index contributed by atoms with van der Waals surface area (Å²) >= 11 is 0. The van der Waals surface area contributed by atoms with Gasteiger partial charge in [0.25, 0.3) is 0 Å². The summed E-state index contributed by atoms with van der Waals surface area (Å²) in [5.41, 5.74) is 2.59. The van der Waals surface area contributed by atoms with Gasteiger partial charge >= 0.3 is 18.2 Å². The van der Waals surface area contributed by atoms with E-state index >= 15 is 0 Å². The smallest absolute Gasteiger partial charge is 0.411 e. The maximum absolute atomic E-state index is 12.8. The molecule has 10 nitrogen and oxygen atoms in total. The summed E-state index contributed by atoms with van der Waals surface area (Å²) < 4.78 is 22.0. The van der Waals surface area contributed by atoms with Crippen molar-refractivity contribution in [3.63, 3.8) is 0 Å². The van der Waals surface area contributed by atoms with E-state index in [1.54, 1.807) is 41.0 Å². The molecule has 2 fully saturated rings. The van der Waals surface area contributed by atoms with Crippen LogP contribution in [-0.4, -0.2) is 59.4 Å². The molecule has 54 heavy (non-hydrogen) atoms. The average Bonchev–Trinajstić information content (AvgIpc) is 3.15. The van der Waals surface area contributed by atoms with E-state index in [9.17, 15) is 19.5 Å². The Morgan fingerprint density at radius 1 is 0.722 bits per heavy atom. The molecule has 2 amide bonds. The second-order valence-electron chi connectivity index (χ2n) is 13.4. The number of hydrogen-bond donors (Lipinski definition) is 1. The summed E-state index contributed by atoms with van der Waals surface area (Å²) in [5, 5.41) is 9.62. The molecule has 0 saturated carbocycles. The Hall–Kier alpha value is -4.81. The first-order valence-corrected chi connectivity index (χ1v) is 17.7. The molecular formula is C42H52N2O8S2. The number of rotatable bonds is 10. The minimum Gasteiger partial charge on any atom is -0.508 e. The number of carbonyl (C=O) groups is 3. The fourth-order valence-corrected chi connectivity index (χ4v) is 6.50. The third kappa shape index (κ3) is 10.7. The lowest BCUT2D eigenvalue weighted by molar-refractivity contribution is -0.145. The van der Waals surface area contributed by atoms with Crippen LogP contribution in [0.3, 0.4) is 0 Å². The summed E-state index contributed by atoms with van der Waals surface area (Å²) in [6.45, 7) is 10.9. The van der Waals surface area contributed by atoms with Gasteiger partial charge < -0.3 is 33.9 Å². The molecule has 2 aliphatic rings. The van der Waals surface area contributed by atoms with Gasteiger partial charge in [0, 0.05) is 25.9 Å². The van der Waals surface area contributed by atoms with Crippen molar-refractivity contribution in [2.45, 2.75) is 70.7 Å². The van der Waals surface area contributed by atoms with Crippen molar-refractivity contribution >= 4 is 45.1 Å². The van der Waals surface area contributed by atoms with Crippen LogP contribution in [0.4, 0.5) is 9.59 Å². The quantitative estimate of drug-likeness (QED) is 0.126. The molecule has 0 radical (unpaired) electrons. The van der Waals surface area contributed by atoms with E-state index in [0.29, 0.717) is 31.9 Å². The van der Waals surface area contributed by atoms with E-state index in [-0.39, 0.29) is 63.6 Å². The number of carbonyl (C=O) groups excluding carboxylic acids is 3. The molecule has 4 aromatic carbocycles. The zero-order valence-corrected chi connectivity index (χ0v) is 33.5. The van der Waals surface area contributed by atoms with Gasteiger partial charge in [-0.25, -0.2) is 14.4 Å². The molecule has 290 valence electrons. The molecule has 4 atom stereocenters. The van der Waals surface area contributed by atoms with Gasteiger partial charge in [-0.15, -0.1) is 0 Å². The number of benzene rings is 4. The number of aromatic hydroxyl groups is 1. The predicted octanol–water partition coefficient (Wildman–Crippen LogP) is 8.88. The zero-order chi connectivity index (χ0) is 37.3. The van der Waals surface area contributed by atoms with Crippen LogP contribution >= 0.6 is 27.0 Å². The first-order chi connectivity index (χ1) is 24.9. The number of phenolic OH excluding ortho intramolecular Hbond substituents is 1. The molecule has 12 heteroatoms. The molecule has 6 rings (SSSR count). The molecule has 2 aliphatic heterocycles. The van der Waals surface area contributed by atoms with Crippen molar-refractivity contribution in [2.75, 3.05) is 26.3 Å². The number of amides is 2. The zero-order valence-electron chi connectivity index (χ0n) is 31.5. The Bertz CT molecular complexity index is 1830. The summed E-state index contributed by atoms with van der Waals surface area (Å²) in [6.07, 6.45) is 0.768. The number of phenols is 1. The maximum atomic E-state index is 12.8. The molecule has 0 spiro atoms. The Balaban J connectivity index is 0.000000287. The van der Waals surface area contributed by atoms with Crippen molar-refractivity contribution in [3.05, 3.63) is 131 Å². The number of esters is 1. The van der Waals surface area contributed by atoms with Crippen LogP contribution in [0.2, 0.25) is 0 Å². The Morgan fingerprint density at radius 2 is 1.19 bits per heavy atom. The SMILES string of the molecule is CCOC(=O)COc1cccc([C@H](C)N2CCC(C)(c3ccccc3)OC2=O)c1.C[C@@H](c1cccc(O)c1)N1CCC(C)(c2ccccc2)OC1=O.S.S. The number of nitrogens with zero attached hydrogens (tertiary/aromatic N) is 2. The molecular weight excluding hydrogens is 725 g/mol. The first-order valence-electron chi connectivity index (χ1n) is 17.7. The van der Waals surface area contributed by atoms with Crippen LogP contribution in [-0.2, 0) is 30.2 Å². The van der Waals surface area contributed by atoms with Gasteiger partial charge in [0.15, 0.2) is 6.61 Å².